The molecule has 2 heterocycles. The first-order valence-electron chi connectivity index (χ1n) is 4.27. The number of fused-ring (bicyclic) bond motifs is 1. The van der Waals surface area contributed by atoms with E-state index < -0.39 is 0 Å². The Morgan fingerprint density at radius 3 is 2.67 bits per heavy atom. The summed E-state index contributed by atoms with van der Waals surface area (Å²) in [5.41, 5.74) is 5.90. The maximum atomic E-state index is 11.6. The van der Waals surface area contributed by atoms with Crippen molar-refractivity contribution in [3.63, 3.8) is 0 Å². The predicted molar refractivity (Wildman–Crippen MR) is 55.9 cm³/mol. The van der Waals surface area contributed by atoms with Gasteiger partial charge in [0, 0.05) is 19.3 Å². The fourth-order valence-corrected chi connectivity index (χ4v) is 1.45. The lowest BCUT2D eigenvalue weighted by Crippen LogP contribution is -2.34. The second-order valence-corrected chi connectivity index (χ2v) is 2.95. The monoisotopic (exact) mass is 227 g/mol. The maximum Gasteiger partial charge on any atom is 0.280 e. The molecule has 5 nitrogen and oxygen atoms in total. The van der Waals surface area contributed by atoms with E-state index in [0.717, 1.165) is 4.90 Å². The first kappa shape index (κ1) is 11.6. The van der Waals surface area contributed by atoms with Crippen molar-refractivity contribution in [3.05, 3.63) is 29.6 Å². The van der Waals surface area contributed by atoms with Crippen molar-refractivity contribution in [3.8, 4) is 0 Å². The van der Waals surface area contributed by atoms with Gasteiger partial charge in [-0.3, -0.25) is 19.5 Å². The van der Waals surface area contributed by atoms with E-state index >= 15 is 0 Å². The van der Waals surface area contributed by atoms with Crippen molar-refractivity contribution in [2.45, 2.75) is 0 Å². The Balaban J connectivity index is 0.00000112. The van der Waals surface area contributed by atoms with Gasteiger partial charge in [-0.25, -0.2) is 0 Å². The zero-order valence-electron chi connectivity index (χ0n) is 7.84. The molecule has 1 aromatic rings. The van der Waals surface area contributed by atoms with E-state index in [1.807, 2.05) is 0 Å². The molecule has 2 N–H and O–H groups in total. The number of amides is 2. The fourth-order valence-electron chi connectivity index (χ4n) is 1.45. The van der Waals surface area contributed by atoms with Gasteiger partial charge >= 0.3 is 0 Å². The number of aromatic nitrogens is 1. The Labute approximate surface area is 92.7 Å². The fraction of sp³-hybridized carbons (Fsp3) is 0.222. The van der Waals surface area contributed by atoms with Gasteiger partial charge in [-0.2, -0.15) is 0 Å². The molecule has 0 unspecified atom stereocenters. The number of pyridine rings is 1. The van der Waals surface area contributed by atoms with E-state index in [1.165, 1.54) is 6.20 Å². The molecule has 0 radical (unpaired) electrons. The highest BCUT2D eigenvalue weighted by atomic mass is 35.5. The molecule has 0 aromatic carbocycles. The molecule has 0 saturated carbocycles. The summed E-state index contributed by atoms with van der Waals surface area (Å²) in [7, 11) is 0. The number of halogens is 1. The van der Waals surface area contributed by atoms with E-state index in [1.54, 1.807) is 12.1 Å². The Kier molecular flexibility index (Phi) is 3.39. The first-order chi connectivity index (χ1) is 6.75. The van der Waals surface area contributed by atoms with Crippen LogP contribution >= 0.6 is 12.4 Å². The van der Waals surface area contributed by atoms with E-state index in [-0.39, 0.29) is 43.0 Å². The van der Waals surface area contributed by atoms with E-state index in [0.29, 0.717) is 5.56 Å². The van der Waals surface area contributed by atoms with Crippen LogP contribution in [0.3, 0.4) is 0 Å². The van der Waals surface area contributed by atoms with Crippen molar-refractivity contribution < 1.29 is 9.59 Å². The molecule has 6 heteroatoms. The molecule has 0 bridgehead atoms. The predicted octanol–water partition coefficient (Wildman–Crippen LogP) is 0.0581. The number of carbonyl (C=O) groups is 2. The van der Waals surface area contributed by atoms with Gasteiger partial charge < -0.3 is 5.73 Å². The third kappa shape index (κ3) is 1.71. The van der Waals surface area contributed by atoms with Crippen LogP contribution in [-0.4, -0.2) is 34.8 Å². The lowest BCUT2D eigenvalue weighted by Gasteiger charge is -2.10. The van der Waals surface area contributed by atoms with Crippen LogP contribution in [0.1, 0.15) is 20.8 Å². The number of imide groups is 1. The molecule has 15 heavy (non-hydrogen) atoms. The van der Waals surface area contributed by atoms with E-state index in [2.05, 4.69) is 4.98 Å². The minimum Gasteiger partial charge on any atom is -0.329 e. The van der Waals surface area contributed by atoms with Gasteiger partial charge in [0.1, 0.15) is 5.69 Å². The van der Waals surface area contributed by atoms with Gasteiger partial charge in [-0.05, 0) is 12.1 Å². The minimum atomic E-state index is -0.351. The van der Waals surface area contributed by atoms with Gasteiger partial charge in [0.15, 0.2) is 0 Å². The van der Waals surface area contributed by atoms with Gasteiger partial charge in [-0.1, -0.05) is 0 Å². The third-order valence-electron chi connectivity index (χ3n) is 2.08. The average Bonchev–Trinajstić information content (AvgIpc) is 2.45. The highest BCUT2D eigenvalue weighted by Gasteiger charge is 2.35. The second kappa shape index (κ2) is 4.37. The van der Waals surface area contributed by atoms with Crippen LogP contribution in [0.2, 0.25) is 0 Å². The number of hydrogen-bond acceptors (Lipinski definition) is 4. The van der Waals surface area contributed by atoms with Crippen molar-refractivity contribution in [1.29, 1.82) is 0 Å². The number of nitrogens with zero attached hydrogens (tertiary/aromatic N) is 2. The van der Waals surface area contributed by atoms with Crippen molar-refractivity contribution in [2.24, 2.45) is 5.73 Å². The van der Waals surface area contributed by atoms with Crippen molar-refractivity contribution in [2.75, 3.05) is 13.1 Å². The highest BCUT2D eigenvalue weighted by Crippen LogP contribution is 2.19. The maximum absolute atomic E-state index is 11.6. The van der Waals surface area contributed by atoms with Crippen LogP contribution in [0.5, 0.6) is 0 Å². The molecule has 2 amide bonds. The lowest BCUT2D eigenvalue weighted by atomic mass is 10.2. The lowest BCUT2D eigenvalue weighted by molar-refractivity contribution is 0.0657. The van der Waals surface area contributed by atoms with Crippen molar-refractivity contribution in [1.82, 2.24) is 9.88 Å². The van der Waals surface area contributed by atoms with Gasteiger partial charge in [0.2, 0.25) is 0 Å². The van der Waals surface area contributed by atoms with Crippen LogP contribution in [-0.2, 0) is 0 Å². The van der Waals surface area contributed by atoms with Gasteiger partial charge in [0.25, 0.3) is 11.8 Å². The highest BCUT2D eigenvalue weighted by molar-refractivity contribution is 6.20. The molecule has 1 aliphatic rings. The Morgan fingerprint density at radius 1 is 1.33 bits per heavy atom. The molecule has 0 aliphatic carbocycles. The summed E-state index contributed by atoms with van der Waals surface area (Å²) >= 11 is 0. The molecular formula is C9H10ClN3O2. The SMILES string of the molecule is Cl.NCCN1C(=O)c2cccnc2C1=O. The summed E-state index contributed by atoms with van der Waals surface area (Å²) in [6, 6.07) is 3.23. The first-order valence-corrected chi connectivity index (χ1v) is 4.27. The number of hydrogen-bond donors (Lipinski definition) is 1. The quantitative estimate of drug-likeness (QED) is 0.725. The standard InChI is InChI=1S/C9H9N3O2.ClH/c10-3-5-12-8(13)6-2-1-4-11-7(6)9(12)14;/h1-2,4H,3,5,10H2;1H. The van der Waals surface area contributed by atoms with E-state index in [4.69, 9.17) is 5.73 Å². The molecule has 1 aliphatic heterocycles. The van der Waals surface area contributed by atoms with Crippen LogP contribution < -0.4 is 5.73 Å². The van der Waals surface area contributed by atoms with Crippen LogP contribution in [0.4, 0.5) is 0 Å². The summed E-state index contributed by atoms with van der Waals surface area (Å²) in [6.07, 6.45) is 1.50. The van der Waals surface area contributed by atoms with E-state index in [9.17, 15) is 9.59 Å². The molecule has 0 fully saturated rings. The molecule has 1 aromatic heterocycles. The molecule has 2 rings (SSSR count). The smallest absolute Gasteiger partial charge is 0.280 e. The van der Waals surface area contributed by atoms with Crippen LogP contribution in [0.15, 0.2) is 18.3 Å². The summed E-state index contributed by atoms with van der Waals surface area (Å²) in [5, 5.41) is 0. The molecular weight excluding hydrogens is 218 g/mol. The molecule has 0 saturated heterocycles. The molecule has 80 valence electrons. The summed E-state index contributed by atoms with van der Waals surface area (Å²) < 4.78 is 0. The number of nitrogens with two attached hydrogens (primary N) is 1. The Morgan fingerprint density at radius 2 is 2.07 bits per heavy atom. The van der Waals surface area contributed by atoms with Gasteiger partial charge in [0.05, 0.1) is 5.56 Å². The third-order valence-corrected chi connectivity index (χ3v) is 2.08. The Bertz CT molecular complexity index is 373. The Hall–Kier alpha value is -1.46. The zero-order chi connectivity index (χ0) is 10.1. The largest absolute Gasteiger partial charge is 0.329 e. The molecule has 0 spiro atoms. The van der Waals surface area contributed by atoms with Crippen molar-refractivity contribution >= 4 is 24.2 Å². The van der Waals surface area contributed by atoms with Gasteiger partial charge in [-0.15, -0.1) is 12.4 Å². The van der Waals surface area contributed by atoms with Crippen LogP contribution in [0, 0.1) is 0 Å². The summed E-state index contributed by atoms with van der Waals surface area (Å²) in [5.74, 6) is -0.653. The average molecular weight is 228 g/mol. The normalized spacial score (nSPS) is 13.8. The summed E-state index contributed by atoms with van der Waals surface area (Å²) in [4.78, 5) is 28.2. The molecule has 0 atom stereocenters. The zero-order valence-corrected chi connectivity index (χ0v) is 8.66. The second-order valence-electron chi connectivity index (χ2n) is 2.95. The summed E-state index contributed by atoms with van der Waals surface area (Å²) in [6.45, 7) is 0.513. The van der Waals surface area contributed by atoms with Crippen LogP contribution in [0.25, 0.3) is 0 Å². The minimum absolute atomic E-state index is 0. The topological polar surface area (TPSA) is 76.3 Å². The number of carbonyl (C=O) groups excluding carboxylic acids is 2. The number of rotatable bonds is 2.